The summed E-state index contributed by atoms with van der Waals surface area (Å²) in [7, 11) is 3.19. The van der Waals surface area contributed by atoms with Crippen LogP contribution >= 0.6 is 0 Å². The van der Waals surface area contributed by atoms with Crippen molar-refractivity contribution in [3.8, 4) is 11.5 Å². The van der Waals surface area contributed by atoms with Crippen LogP contribution in [0.2, 0.25) is 0 Å². The van der Waals surface area contributed by atoms with Crippen molar-refractivity contribution in [2.75, 3.05) is 19.1 Å². The number of carbonyl (C=O) groups excluding carboxylic acids is 1. The quantitative estimate of drug-likeness (QED) is 0.342. The summed E-state index contributed by atoms with van der Waals surface area (Å²) in [5, 5.41) is 19.9. The summed E-state index contributed by atoms with van der Waals surface area (Å²) in [5.41, 5.74) is 2.50. The first-order valence-electron chi connectivity index (χ1n) is 9.95. The lowest BCUT2D eigenvalue weighted by molar-refractivity contribution is -0.135. The Bertz CT molecular complexity index is 1250. The molecule has 2 N–H and O–H groups in total. The van der Waals surface area contributed by atoms with E-state index in [0.29, 0.717) is 51.5 Å². The number of fused-ring (bicyclic) bond motifs is 2. The minimum absolute atomic E-state index is 0.312. The first kappa shape index (κ1) is 22.6. The van der Waals surface area contributed by atoms with Gasteiger partial charge in [0.05, 0.1) is 26.0 Å². The number of nitrogens with zero attached hydrogens (tertiary/aromatic N) is 1. The van der Waals surface area contributed by atoms with E-state index in [1.54, 1.807) is 42.3 Å². The highest BCUT2D eigenvalue weighted by Gasteiger charge is 2.39. The maximum Gasteiger partial charge on any atom is 0.323 e. The summed E-state index contributed by atoms with van der Waals surface area (Å²) < 4.78 is 52.4. The molecule has 0 saturated carbocycles. The van der Waals surface area contributed by atoms with Gasteiger partial charge < -0.3 is 24.6 Å². The Morgan fingerprint density at radius 2 is 1.67 bits per heavy atom. The zero-order chi connectivity index (χ0) is 23.9. The number of halogens is 3. The van der Waals surface area contributed by atoms with Gasteiger partial charge in [-0.05, 0) is 29.3 Å². The van der Waals surface area contributed by atoms with Crippen LogP contribution in [0.15, 0.2) is 42.5 Å². The van der Waals surface area contributed by atoms with Crippen LogP contribution in [0.25, 0.3) is 0 Å². The number of carbonyl (C=O) groups is 1. The monoisotopic (exact) mass is 459 g/mol. The first-order chi connectivity index (χ1) is 15.8. The first-order valence-corrected chi connectivity index (χ1v) is 9.95. The van der Waals surface area contributed by atoms with Crippen molar-refractivity contribution >= 4 is 17.3 Å². The summed E-state index contributed by atoms with van der Waals surface area (Å²) >= 11 is 0. The number of methoxy groups -OCH3 is 1. The molecule has 1 aliphatic heterocycles. The summed E-state index contributed by atoms with van der Waals surface area (Å²) in [5.74, 6) is -7.21. The average Bonchev–Trinajstić information content (AvgIpc) is 2.83. The van der Waals surface area contributed by atoms with Crippen LogP contribution in [-0.4, -0.2) is 30.3 Å². The zero-order valence-electron chi connectivity index (χ0n) is 17.7. The Balaban J connectivity index is 1.94. The number of esters is 1. The maximum absolute atomic E-state index is 14.2. The van der Waals surface area contributed by atoms with Crippen molar-refractivity contribution in [1.29, 1.82) is 0 Å². The number of hydrogen-bond acceptors (Lipinski definition) is 6. The predicted octanol–water partition coefficient (Wildman–Crippen LogP) is 3.92. The Hall–Kier alpha value is -3.56. The molecule has 0 aromatic heterocycles. The van der Waals surface area contributed by atoms with Crippen molar-refractivity contribution in [2.45, 2.75) is 19.1 Å². The lowest BCUT2D eigenvalue weighted by Gasteiger charge is -2.37. The normalized spacial score (nSPS) is 14.5. The van der Waals surface area contributed by atoms with Crippen molar-refractivity contribution < 1.29 is 37.7 Å². The number of benzene rings is 3. The number of hydrogen-bond donors (Lipinski definition) is 2. The number of aliphatic hydroxyl groups is 2. The van der Waals surface area contributed by atoms with E-state index in [1.165, 1.54) is 7.11 Å². The highest BCUT2D eigenvalue weighted by atomic mass is 19.2. The van der Waals surface area contributed by atoms with E-state index in [0.717, 1.165) is 0 Å². The lowest BCUT2D eigenvalue weighted by atomic mass is 9.81. The van der Waals surface area contributed by atoms with Crippen molar-refractivity contribution in [3.63, 3.8) is 0 Å². The third-order valence-electron chi connectivity index (χ3n) is 5.71. The molecule has 0 bridgehead atoms. The molecule has 1 unspecified atom stereocenters. The van der Waals surface area contributed by atoms with Gasteiger partial charge in [-0.25, -0.2) is 8.78 Å². The summed E-state index contributed by atoms with van der Waals surface area (Å²) in [6.45, 7) is -0.813. The Morgan fingerprint density at radius 1 is 1.00 bits per heavy atom. The molecule has 9 heteroatoms. The van der Waals surface area contributed by atoms with E-state index in [4.69, 9.17) is 9.47 Å². The minimum atomic E-state index is -1.63. The molecule has 1 heterocycles. The van der Waals surface area contributed by atoms with E-state index in [2.05, 4.69) is 0 Å². The van der Waals surface area contributed by atoms with E-state index in [9.17, 15) is 28.2 Å². The highest BCUT2D eigenvalue weighted by molar-refractivity contribution is 5.94. The molecular formula is C24H20F3NO5. The van der Waals surface area contributed by atoms with Gasteiger partial charge in [-0.1, -0.05) is 18.2 Å². The SMILES string of the molecule is COc1ccc2c(c1)N(C)c1c(CO)ccc(CO)c1C2C(=O)Oc1c(F)ccc(F)c1F. The summed E-state index contributed by atoms with van der Waals surface area (Å²) in [6.07, 6.45) is 0. The van der Waals surface area contributed by atoms with Crippen LogP contribution in [0, 0.1) is 17.5 Å². The van der Waals surface area contributed by atoms with Crippen LogP contribution < -0.4 is 14.4 Å². The second-order valence-corrected chi connectivity index (χ2v) is 7.47. The number of anilines is 2. The average molecular weight is 459 g/mol. The smallest absolute Gasteiger partial charge is 0.323 e. The Morgan fingerprint density at radius 3 is 2.33 bits per heavy atom. The van der Waals surface area contributed by atoms with Gasteiger partial charge in [0, 0.05) is 29.9 Å². The van der Waals surface area contributed by atoms with Gasteiger partial charge in [0.15, 0.2) is 11.6 Å². The van der Waals surface area contributed by atoms with E-state index < -0.39 is 41.7 Å². The standard InChI is InChI=1S/C24H20F3NO5/c1-28-18-9-14(32-2)5-6-15(18)20(19-12(10-29)3-4-13(11-30)22(19)28)24(31)33-23-17(26)8-7-16(25)21(23)27/h3-9,20,29-30H,10-11H2,1-2H3. The fourth-order valence-electron chi connectivity index (χ4n) is 4.15. The second kappa shape index (κ2) is 8.76. The van der Waals surface area contributed by atoms with Gasteiger partial charge >= 0.3 is 5.97 Å². The van der Waals surface area contributed by atoms with Crippen molar-refractivity contribution in [3.05, 3.63) is 82.2 Å². The molecular weight excluding hydrogens is 439 g/mol. The van der Waals surface area contributed by atoms with Crippen molar-refractivity contribution in [1.82, 2.24) is 0 Å². The fraction of sp³-hybridized carbons (Fsp3) is 0.208. The lowest BCUT2D eigenvalue weighted by Crippen LogP contribution is -2.31. The molecule has 0 saturated heterocycles. The second-order valence-electron chi connectivity index (χ2n) is 7.47. The largest absolute Gasteiger partial charge is 0.497 e. The molecule has 4 rings (SSSR count). The molecule has 3 aromatic carbocycles. The third-order valence-corrected chi connectivity index (χ3v) is 5.71. The molecule has 0 radical (unpaired) electrons. The molecule has 0 spiro atoms. The molecule has 1 aliphatic rings. The minimum Gasteiger partial charge on any atom is -0.497 e. The van der Waals surface area contributed by atoms with E-state index in [1.807, 2.05) is 0 Å². The van der Waals surface area contributed by atoms with E-state index >= 15 is 0 Å². The van der Waals surface area contributed by atoms with Crippen LogP contribution in [0.5, 0.6) is 11.5 Å². The maximum atomic E-state index is 14.2. The molecule has 172 valence electrons. The van der Waals surface area contributed by atoms with Crippen LogP contribution in [0.1, 0.15) is 28.2 Å². The molecule has 6 nitrogen and oxygen atoms in total. The molecule has 3 aromatic rings. The van der Waals surface area contributed by atoms with Gasteiger partial charge in [0.2, 0.25) is 11.6 Å². The van der Waals surface area contributed by atoms with Crippen molar-refractivity contribution in [2.24, 2.45) is 0 Å². The van der Waals surface area contributed by atoms with Gasteiger partial charge in [-0.15, -0.1) is 0 Å². The third kappa shape index (κ3) is 3.69. The van der Waals surface area contributed by atoms with E-state index in [-0.39, 0.29) is 6.61 Å². The number of aliphatic hydroxyl groups excluding tert-OH is 2. The summed E-state index contributed by atoms with van der Waals surface area (Å²) in [6, 6.07) is 9.28. The van der Waals surface area contributed by atoms with Crippen LogP contribution in [-0.2, 0) is 18.0 Å². The molecule has 0 amide bonds. The fourth-order valence-corrected chi connectivity index (χ4v) is 4.15. The number of rotatable bonds is 5. The van der Waals surface area contributed by atoms with Gasteiger partial charge in [0.25, 0.3) is 0 Å². The van der Waals surface area contributed by atoms with Gasteiger partial charge in [-0.3, -0.25) is 4.79 Å². The van der Waals surface area contributed by atoms with Crippen LogP contribution in [0.3, 0.4) is 0 Å². The van der Waals surface area contributed by atoms with Gasteiger partial charge in [-0.2, -0.15) is 4.39 Å². The van der Waals surface area contributed by atoms with Crippen LogP contribution in [0.4, 0.5) is 24.5 Å². The Labute approximate surface area is 187 Å². The topological polar surface area (TPSA) is 79.2 Å². The summed E-state index contributed by atoms with van der Waals surface area (Å²) in [4.78, 5) is 15.1. The molecule has 1 atom stereocenters. The molecule has 0 aliphatic carbocycles. The van der Waals surface area contributed by atoms with Gasteiger partial charge in [0.1, 0.15) is 11.7 Å². The number of ether oxygens (including phenoxy) is 2. The molecule has 0 fully saturated rings. The highest BCUT2D eigenvalue weighted by Crippen LogP contribution is 2.49. The molecule has 33 heavy (non-hydrogen) atoms. The predicted molar refractivity (Wildman–Crippen MR) is 113 cm³/mol. The zero-order valence-corrected chi connectivity index (χ0v) is 17.7. The Kier molecular flexibility index (Phi) is 6.01.